The molecule has 0 aromatic carbocycles. The first-order valence-corrected chi connectivity index (χ1v) is 8.59. The molecular formula is C16H23ClN6O2. The van der Waals surface area contributed by atoms with Gasteiger partial charge in [-0.05, 0) is 26.8 Å². The third-order valence-electron chi connectivity index (χ3n) is 4.05. The van der Waals surface area contributed by atoms with Crippen LogP contribution in [-0.2, 0) is 11.3 Å². The Bertz CT molecular complexity index is 777. The molecule has 2 N–H and O–H groups in total. The van der Waals surface area contributed by atoms with Gasteiger partial charge in [-0.3, -0.25) is 4.90 Å². The molecule has 1 amide bonds. The maximum absolute atomic E-state index is 12.1. The molecule has 2 aromatic heterocycles. The third kappa shape index (κ3) is 3.96. The lowest BCUT2D eigenvalue weighted by Crippen LogP contribution is -2.49. The van der Waals surface area contributed by atoms with Gasteiger partial charge in [0.1, 0.15) is 17.4 Å². The number of nitrogens with two attached hydrogens (primary N) is 1. The van der Waals surface area contributed by atoms with Crippen LogP contribution in [-0.4, -0.2) is 62.3 Å². The maximum Gasteiger partial charge on any atom is 0.410 e. The number of halogens is 1. The van der Waals surface area contributed by atoms with Crippen molar-refractivity contribution < 1.29 is 9.53 Å². The number of hydrogen-bond donors (Lipinski definition) is 1. The van der Waals surface area contributed by atoms with Gasteiger partial charge in [-0.1, -0.05) is 11.6 Å². The van der Waals surface area contributed by atoms with E-state index >= 15 is 0 Å². The summed E-state index contributed by atoms with van der Waals surface area (Å²) in [7, 11) is 0. The molecule has 136 valence electrons. The molecule has 3 rings (SSSR count). The Hall–Kier alpha value is -2.06. The number of nitrogens with zero attached hydrogens (tertiary/aromatic N) is 5. The number of fused-ring (bicyclic) bond motifs is 1. The predicted octanol–water partition coefficient (Wildman–Crippen LogP) is 2.02. The highest BCUT2D eigenvalue weighted by Crippen LogP contribution is 2.25. The van der Waals surface area contributed by atoms with Crippen LogP contribution in [0.4, 0.5) is 10.6 Å². The van der Waals surface area contributed by atoms with E-state index in [9.17, 15) is 4.79 Å². The van der Waals surface area contributed by atoms with E-state index in [-0.39, 0.29) is 6.09 Å². The quantitative estimate of drug-likeness (QED) is 0.874. The van der Waals surface area contributed by atoms with E-state index in [4.69, 9.17) is 22.1 Å². The zero-order valence-electron chi connectivity index (χ0n) is 14.7. The number of nitrogen functional groups attached to an aromatic ring is 1. The van der Waals surface area contributed by atoms with Gasteiger partial charge in [0.2, 0.25) is 0 Å². The zero-order chi connectivity index (χ0) is 18.2. The monoisotopic (exact) mass is 366 g/mol. The van der Waals surface area contributed by atoms with Crippen LogP contribution in [0.5, 0.6) is 0 Å². The van der Waals surface area contributed by atoms with Crippen LogP contribution in [0.1, 0.15) is 26.5 Å². The Morgan fingerprint density at radius 2 is 2.00 bits per heavy atom. The number of ether oxygens (including phenoxy) is 1. The molecule has 3 heterocycles. The summed E-state index contributed by atoms with van der Waals surface area (Å²) in [6.07, 6.45) is 1.15. The Kier molecular flexibility index (Phi) is 4.75. The van der Waals surface area contributed by atoms with Gasteiger partial charge in [0, 0.05) is 32.7 Å². The minimum atomic E-state index is -0.480. The van der Waals surface area contributed by atoms with Crippen molar-refractivity contribution in [3.8, 4) is 0 Å². The van der Waals surface area contributed by atoms with Gasteiger partial charge in [0.25, 0.3) is 0 Å². The minimum absolute atomic E-state index is 0.265. The second-order valence-corrected chi connectivity index (χ2v) is 7.53. The molecule has 2 aromatic rings. The van der Waals surface area contributed by atoms with Crippen molar-refractivity contribution in [2.75, 3.05) is 31.9 Å². The smallest absolute Gasteiger partial charge is 0.410 e. The summed E-state index contributed by atoms with van der Waals surface area (Å²) >= 11 is 6.36. The van der Waals surface area contributed by atoms with E-state index in [1.54, 1.807) is 15.5 Å². The first-order valence-electron chi connectivity index (χ1n) is 8.21. The van der Waals surface area contributed by atoms with E-state index in [0.717, 1.165) is 18.8 Å². The van der Waals surface area contributed by atoms with Gasteiger partial charge >= 0.3 is 6.09 Å². The molecule has 0 radical (unpaired) electrons. The predicted molar refractivity (Wildman–Crippen MR) is 95.5 cm³/mol. The van der Waals surface area contributed by atoms with Gasteiger partial charge < -0.3 is 15.4 Å². The fraction of sp³-hybridized carbons (Fsp3) is 0.562. The molecule has 1 aliphatic heterocycles. The Morgan fingerprint density at radius 3 is 2.64 bits per heavy atom. The van der Waals surface area contributed by atoms with Crippen LogP contribution in [0.25, 0.3) is 5.52 Å². The number of anilines is 1. The number of carbonyl (C=O) groups is 1. The Labute approximate surface area is 151 Å². The molecule has 25 heavy (non-hydrogen) atoms. The van der Waals surface area contributed by atoms with Crippen molar-refractivity contribution in [3.63, 3.8) is 0 Å². The van der Waals surface area contributed by atoms with Crippen molar-refractivity contribution in [1.29, 1.82) is 0 Å². The highest BCUT2D eigenvalue weighted by atomic mass is 35.5. The molecular weight excluding hydrogens is 344 g/mol. The zero-order valence-corrected chi connectivity index (χ0v) is 15.5. The number of aromatic nitrogens is 3. The minimum Gasteiger partial charge on any atom is -0.444 e. The highest BCUT2D eigenvalue weighted by Gasteiger charge is 2.26. The summed E-state index contributed by atoms with van der Waals surface area (Å²) in [5.41, 5.74) is 6.97. The second-order valence-electron chi connectivity index (χ2n) is 7.12. The van der Waals surface area contributed by atoms with Gasteiger partial charge in [-0.2, -0.15) is 5.10 Å². The maximum atomic E-state index is 12.1. The molecule has 1 fully saturated rings. The van der Waals surface area contributed by atoms with E-state index < -0.39 is 5.60 Å². The third-order valence-corrected chi connectivity index (χ3v) is 4.37. The summed E-state index contributed by atoms with van der Waals surface area (Å²) in [5.74, 6) is 0.401. The van der Waals surface area contributed by atoms with Crippen LogP contribution in [0.2, 0.25) is 5.02 Å². The van der Waals surface area contributed by atoms with Crippen molar-refractivity contribution in [2.24, 2.45) is 0 Å². The molecule has 1 saturated heterocycles. The first kappa shape index (κ1) is 17.8. The molecule has 8 nitrogen and oxygen atoms in total. The SMILES string of the molecule is CC(C)(C)OC(=O)N1CCN(Cc2c(Cl)cc3c(N)ncnn23)CC1. The van der Waals surface area contributed by atoms with Gasteiger partial charge in [-0.25, -0.2) is 14.3 Å². The summed E-state index contributed by atoms with van der Waals surface area (Å²) in [5, 5.41) is 4.85. The number of rotatable bonds is 2. The van der Waals surface area contributed by atoms with Crippen molar-refractivity contribution >= 4 is 29.0 Å². The molecule has 0 spiro atoms. The average molecular weight is 367 g/mol. The molecule has 0 unspecified atom stereocenters. The first-order chi connectivity index (χ1) is 11.7. The lowest BCUT2D eigenvalue weighted by Gasteiger charge is -2.35. The van der Waals surface area contributed by atoms with Crippen molar-refractivity contribution in [3.05, 3.63) is 23.1 Å². The lowest BCUT2D eigenvalue weighted by molar-refractivity contribution is 0.0138. The van der Waals surface area contributed by atoms with Crippen LogP contribution in [0.3, 0.4) is 0 Å². The van der Waals surface area contributed by atoms with Crippen LogP contribution >= 0.6 is 11.6 Å². The molecule has 0 atom stereocenters. The fourth-order valence-corrected chi connectivity index (χ4v) is 3.04. The standard InChI is InChI=1S/C16H23ClN6O2/c1-16(2,3)25-15(24)22-6-4-21(5-7-22)9-13-11(17)8-12-14(18)19-10-20-23(12)13/h8,10H,4-7,9H2,1-3H3,(H2,18,19,20). The summed E-state index contributed by atoms with van der Waals surface area (Å²) in [4.78, 5) is 20.1. The van der Waals surface area contributed by atoms with E-state index in [0.29, 0.717) is 36.0 Å². The van der Waals surface area contributed by atoms with E-state index in [2.05, 4.69) is 15.0 Å². The molecule has 0 saturated carbocycles. The average Bonchev–Trinajstić information content (AvgIpc) is 2.84. The number of hydrogen-bond acceptors (Lipinski definition) is 6. The number of carbonyl (C=O) groups excluding carboxylic acids is 1. The van der Waals surface area contributed by atoms with Gasteiger partial charge in [-0.15, -0.1) is 0 Å². The Balaban J connectivity index is 1.64. The van der Waals surface area contributed by atoms with Crippen LogP contribution in [0, 0.1) is 0 Å². The van der Waals surface area contributed by atoms with Crippen molar-refractivity contribution in [2.45, 2.75) is 32.9 Å². The van der Waals surface area contributed by atoms with Crippen LogP contribution in [0.15, 0.2) is 12.4 Å². The summed E-state index contributed by atoms with van der Waals surface area (Å²) in [6, 6.07) is 1.78. The largest absolute Gasteiger partial charge is 0.444 e. The number of amides is 1. The van der Waals surface area contributed by atoms with Crippen LogP contribution < -0.4 is 5.73 Å². The van der Waals surface area contributed by atoms with E-state index in [1.807, 2.05) is 20.8 Å². The van der Waals surface area contributed by atoms with Crippen molar-refractivity contribution in [1.82, 2.24) is 24.4 Å². The van der Waals surface area contributed by atoms with Gasteiger partial charge in [0.15, 0.2) is 5.82 Å². The number of piperazine rings is 1. The fourth-order valence-electron chi connectivity index (χ4n) is 2.80. The molecule has 9 heteroatoms. The molecule has 0 aliphatic carbocycles. The molecule has 1 aliphatic rings. The van der Waals surface area contributed by atoms with E-state index in [1.165, 1.54) is 6.33 Å². The topological polar surface area (TPSA) is 89.0 Å². The summed E-state index contributed by atoms with van der Waals surface area (Å²) < 4.78 is 7.15. The van der Waals surface area contributed by atoms with Gasteiger partial charge in [0.05, 0.1) is 10.7 Å². The summed E-state index contributed by atoms with van der Waals surface area (Å²) in [6.45, 7) is 8.95. The lowest BCUT2D eigenvalue weighted by atomic mass is 10.2. The Morgan fingerprint density at radius 1 is 1.32 bits per heavy atom. The molecule has 0 bridgehead atoms. The second kappa shape index (κ2) is 6.68. The highest BCUT2D eigenvalue weighted by molar-refractivity contribution is 6.31. The normalized spacial score (nSPS) is 16.4.